The van der Waals surface area contributed by atoms with E-state index in [0.717, 1.165) is 4.57 Å². The molecule has 1 aliphatic heterocycles. The summed E-state index contributed by atoms with van der Waals surface area (Å²) in [5.74, 6) is 0.991. The zero-order chi connectivity index (χ0) is 22.2. The third-order valence-electron chi connectivity index (χ3n) is 5.01. The second kappa shape index (κ2) is 8.89. The summed E-state index contributed by atoms with van der Waals surface area (Å²) < 4.78 is 8.10. The lowest BCUT2D eigenvalue weighted by Crippen LogP contribution is -2.48. The molecule has 1 saturated heterocycles. The summed E-state index contributed by atoms with van der Waals surface area (Å²) in [6, 6.07) is 0. The van der Waals surface area contributed by atoms with E-state index in [2.05, 4.69) is 9.97 Å². The molecule has 2 atom stereocenters. The molecule has 0 N–H and O–H groups in total. The topological polar surface area (TPSA) is 99.3 Å². The molecule has 1 fully saturated rings. The fourth-order valence-electron chi connectivity index (χ4n) is 3.64. The van der Waals surface area contributed by atoms with Crippen molar-refractivity contribution in [2.24, 2.45) is 20.0 Å². The molecular weight excluding hydrogens is 406 g/mol. The monoisotopic (exact) mass is 435 g/mol. The number of hydrogen-bond acceptors (Lipinski definition) is 7. The van der Waals surface area contributed by atoms with Crippen molar-refractivity contribution in [3.8, 4) is 0 Å². The lowest BCUT2D eigenvalue weighted by atomic mass is 10.1. The predicted molar refractivity (Wildman–Crippen MR) is 116 cm³/mol. The van der Waals surface area contributed by atoms with Crippen LogP contribution in [0.2, 0.25) is 0 Å². The van der Waals surface area contributed by atoms with Gasteiger partial charge in [0.1, 0.15) is 16.2 Å². The first kappa shape index (κ1) is 22.5. The molecular formula is C20H29N5O4S. The van der Waals surface area contributed by atoms with E-state index >= 15 is 0 Å². The molecule has 10 heteroatoms. The van der Waals surface area contributed by atoms with Gasteiger partial charge >= 0.3 is 5.69 Å². The third kappa shape index (κ3) is 4.59. The Bertz CT molecular complexity index is 1070. The van der Waals surface area contributed by atoms with E-state index in [0.29, 0.717) is 41.9 Å². The Morgan fingerprint density at radius 2 is 1.77 bits per heavy atom. The largest absolute Gasteiger partial charge is 0.372 e. The molecule has 30 heavy (non-hydrogen) atoms. The first-order valence-electron chi connectivity index (χ1n) is 10.1. The maximum atomic E-state index is 12.8. The number of carbonyl (C=O) groups is 1. The predicted octanol–water partition coefficient (Wildman–Crippen LogP) is 0.954. The molecule has 1 aliphatic rings. The number of ether oxygens (including phenoxy) is 1. The summed E-state index contributed by atoms with van der Waals surface area (Å²) in [6.07, 6.45) is 0.586. The summed E-state index contributed by atoms with van der Waals surface area (Å²) >= 11 is 1.22. The van der Waals surface area contributed by atoms with Crippen molar-refractivity contribution < 1.29 is 9.53 Å². The Morgan fingerprint density at radius 1 is 1.13 bits per heavy atom. The van der Waals surface area contributed by atoms with Crippen LogP contribution >= 0.6 is 11.8 Å². The average molecular weight is 436 g/mol. The van der Waals surface area contributed by atoms with Gasteiger partial charge in [-0.3, -0.25) is 18.7 Å². The quantitative estimate of drug-likeness (QED) is 0.509. The molecule has 0 bridgehead atoms. The van der Waals surface area contributed by atoms with E-state index in [4.69, 9.17) is 4.74 Å². The van der Waals surface area contributed by atoms with Gasteiger partial charge < -0.3 is 9.64 Å². The van der Waals surface area contributed by atoms with Crippen molar-refractivity contribution >= 4 is 28.7 Å². The molecule has 164 valence electrons. The van der Waals surface area contributed by atoms with Crippen molar-refractivity contribution in [2.45, 2.75) is 51.3 Å². The molecule has 9 nitrogen and oxygen atoms in total. The minimum atomic E-state index is -0.451. The number of aromatic nitrogens is 4. The van der Waals surface area contributed by atoms with E-state index in [1.165, 1.54) is 23.4 Å². The molecule has 0 aromatic carbocycles. The van der Waals surface area contributed by atoms with E-state index < -0.39 is 11.2 Å². The summed E-state index contributed by atoms with van der Waals surface area (Å²) in [5.41, 5.74) is -0.588. The molecule has 0 saturated carbocycles. The van der Waals surface area contributed by atoms with Crippen LogP contribution in [0.3, 0.4) is 0 Å². The van der Waals surface area contributed by atoms with Crippen molar-refractivity contribution in [1.82, 2.24) is 24.0 Å². The van der Waals surface area contributed by atoms with Gasteiger partial charge in [-0.15, -0.1) is 0 Å². The maximum Gasteiger partial charge on any atom is 0.332 e. The van der Waals surface area contributed by atoms with Gasteiger partial charge in [0.15, 0.2) is 5.65 Å². The van der Waals surface area contributed by atoms with Gasteiger partial charge in [-0.25, -0.2) is 14.8 Å². The fraction of sp³-hybridized carbons (Fsp3) is 0.650. The van der Waals surface area contributed by atoms with Gasteiger partial charge in [-0.2, -0.15) is 0 Å². The third-order valence-corrected chi connectivity index (χ3v) is 5.97. The highest BCUT2D eigenvalue weighted by atomic mass is 32.2. The number of rotatable bonds is 5. The smallest absolute Gasteiger partial charge is 0.332 e. The van der Waals surface area contributed by atoms with E-state index in [1.54, 1.807) is 11.9 Å². The molecule has 1 amide bonds. The summed E-state index contributed by atoms with van der Waals surface area (Å²) in [4.78, 5) is 48.9. The highest BCUT2D eigenvalue weighted by molar-refractivity contribution is 8.00. The second-order valence-electron chi connectivity index (χ2n) is 8.29. The van der Waals surface area contributed by atoms with Crippen LogP contribution in [0.15, 0.2) is 14.6 Å². The minimum Gasteiger partial charge on any atom is -0.372 e. The highest BCUT2D eigenvalue weighted by Gasteiger charge is 2.26. The van der Waals surface area contributed by atoms with Crippen molar-refractivity contribution in [3.05, 3.63) is 26.7 Å². The Morgan fingerprint density at radius 3 is 2.37 bits per heavy atom. The number of amides is 1. The van der Waals surface area contributed by atoms with Gasteiger partial charge in [-0.05, 0) is 19.8 Å². The molecule has 0 unspecified atom stereocenters. The summed E-state index contributed by atoms with van der Waals surface area (Å²) in [7, 11) is 3.02. The van der Waals surface area contributed by atoms with Crippen LogP contribution < -0.4 is 11.2 Å². The molecule has 0 spiro atoms. The normalized spacial score (nSPS) is 19.6. The van der Waals surface area contributed by atoms with Gasteiger partial charge in [-0.1, -0.05) is 25.6 Å². The Hall–Kier alpha value is -2.20. The first-order chi connectivity index (χ1) is 14.1. The van der Waals surface area contributed by atoms with Crippen LogP contribution in [0.4, 0.5) is 0 Å². The van der Waals surface area contributed by atoms with Gasteiger partial charge in [0.05, 0.1) is 18.0 Å². The van der Waals surface area contributed by atoms with Crippen molar-refractivity contribution in [2.75, 3.05) is 18.8 Å². The lowest BCUT2D eigenvalue weighted by Gasteiger charge is -2.35. The van der Waals surface area contributed by atoms with Crippen LogP contribution in [0.5, 0.6) is 0 Å². The SMILES string of the molecule is CC(C)Cc1nc(SCC(=O)N2C[C@H](C)O[C@@H](C)C2)c2c(=O)n(C)c(=O)n(C)c2n1. The number of morpholine rings is 1. The zero-order valence-corrected chi connectivity index (χ0v) is 19.2. The van der Waals surface area contributed by atoms with Crippen LogP contribution in [-0.2, 0) is 30.0 Å². The number of aryl methyl sites for hydroxylation is 1. The van der Waals surface area contributed by atoms with E-state index in [-0.39, 0.29) is 29.3 Å². The Labute approximate surface area is 179 Å². The summed E-state index contributed by atoms with van der Waals surface area (Å²) in [6.45, 7) is 9.08. The van der Waals surface area contributed by atoms with Gasteiger partial charge in [0, 0.05) is 33.6 Å². The number of thioether (sulfide) groups is 1. The van der Waals surface area contributed by atoms with Crippen molar-refractivity contribution in [1.29, 1.82) is 0 Å². The van der Waals surface area contributed by atoms with E-state index in [1.807, 2.05) is 27.7 Å². The Balaban J connectivity index is 1.98. The molecule has 2 aromatic heterocycles. The first-order valence-corrected chi connectivity index (χ1v) is 11.1. The molecule has 0 aliphatic carbocycles. The van der Waals surface area contributed by atoms with Crippen LogP contribution in [-0.4, -0.2) is 61.0 Å². The van der Waals surface area contributed by atoms with E-state index in [9.17, 15) is 14.4 Å². The lowest BCUT2D eigenvalue weighted by molar-refractivity contribution is -0.140. The number of carbonyl (C=O) groups excluding carboxylic acids is 1. The van der Waals surface area contributed by atoms with Gasteiger partial charge in [0.2, 0.25) is 5.91 Å². The fourth-order valence-corrected chi connectivity index (χ4v) is 4.57. The minimum absolute atomic E-state index is 0.0120. The number of nitrogens with zero attached hydrogens (tertiary/aromatic N) is 5. The standard InChI is InChI=1S/C20H29N5O4S/c1-11(2)7-14-21-17-16(19(27)24(6)20(28)23(17)5)18(22-14)30-10-15(26)25-8-12(3)29-13(4)9-25/h11-13H,7-10H2,1-6H3/t12-,13-/m0/s1. The summed E-state index contributed by atoms with van der Waals surface area (Å²) in [5, 5.41) is 0.711. The van der Waals surface area contributed by atoms with Gasteiger partial charge in [0.25, 0.3) is 5.56 Å². The zero-order valence-electron chi connectivity index (χ0n) is 18.3. The maximum absolute atomic E-state index is 12.8. The number of hydrogen-bond donors (Lipinski definition) is 0. The Kier molecular flexibility index (Phi) is 6.66. The molecule has 3 rings (SSSR count). The molecule has 2 aromatic rings. The van der Waals surface area contributed by atoms with Crippen LogP contribution in [0.25, 0.3) is 11.0 Å². The average Bonchev–Trinajstić information content (AvgIpc) is 2.67. The van der Waals surface area contributed by atoms with Crippen molar-refractivity contribution in [3.63, 3.8) is 0 Å². The highest BCUT2D eigenvalue weighted by Crippen LogP contribution is 2.24. The second-order valence-corrected chi connectivity index (χ2v) is 9.26. The van der Waals surface area contributed by atoms with Crippen LogP contribution in [0, 0.1) is 5.92 Å². The number of fused-ring (bicyclic) bond motifs is 1. The molecule has 0 radical (unpaired) electrons. The molecule has 3 heterocycles. The van der Waals surface area contributed by atoms with Crippen LogP contribution in [0.1, 0.15) is 33.5 Å².